The molecular formula is C19H27N3O2. The molecule has 1 heterocycles. The number of hydrogen-bond acceptors (Lipinski definition) is 3. The Morgan fingerprint density at radius 3 is 2.92 bits per heavy atom. The van der Waals surface area contributed by atoms with Crippen molar-refractivity contribution in [2.24, 2.45) is 0 Å². The molecule has 5 heteroatoms. The van der Waals surface area contributed by atoms with E-state index in [-0.39, 0.29) is 12.1 Å². The molecule has 5 nitrogen and oxygen atoms in total. The summed E-state index contributed by atoms with van der Waals surface area (Å²) in [5.41, 5.74) is 2.29. The van der Waals surface area contributed by atoms with E-state index in [2.05, 4.69) is 29.6 Å². The van der Waals surface area contributed by atoms with Gasteiger partial charge in [-0.15, -0.1) is 0 Å². The largest absolute Gasteiger partial charge is 0.337 e. The van der Waals surface area contributed by atoms with Gasteiger partial charge in [0.25, 0.3) is 0 Å². The fourth-order valence-electron chi connectivity index (χ4n) is 3.04. The van der Waals surface area contributed by atoms with Gasteiger partial charge in [-0.3, -0.25) is 14.9 Å². The average Bonchev–Trinajstić information content (AvgIpc) is 2.97. The zero-order valence-corrected chi connectivity index (χ0v) is 14.6. The molecule has 1 atom stereocenters. The van der Waals surface area contributed by atoms with Gasteiger partial charge in [0.2, 0.25) is 12.3 Å². The second-order valence-electron chi connectivity index (χ2n) is 5.97. The van der Waals surface area contributed by atoms with Gasteiger partial charge >= 0.3 is 0 Å². The molecule has 0 bridgehead atoms. The summed E-state index contributed by atoms with van der Waals surface area (Å²) in [5, 5.41) is 3.18. The van der Waals surface area contributed by atoms with Gasteiger partial charge in [0.15, 0.2) is 0 Å². The van der Waals surface area contributed by atoms with E-state index < -0.39 is 0 Å². The molecule has 1 saturated heterocycles. The number of rotatable bonds is 8. The highest BCUT2D eigenvalue weighted by molar-refractivity contribution is 5.80. The quantitative estimate of drug-likeness (QED) is 0.547. The van der Waals surface area contributed by atoms with Crippen LogP contribution in [0.3, 0.4) is 0 Å². The topological polar surface area (TPSA) is 52.7 Å². The lowest BCUT2D eigenvalue weighted by Gasteiger charge is -2.28. The number of likely N-dealkylation sites (N-methyl/N-ethyl adjacent to an activating group) is 1. The first-order valence-corrected chi connectivity index (χ1v) is 8.60. The summed E-state index contributed by atoms with van der Waals surface area (Å²) < 4.78 is 0. The smallest absolute Gasteiger partial charge is 0.237 e. The molecule has 1 N–H and O–H groups in total. The van der Waals surface area contributed by atoms with E-state index in [1.807, 2.05) is 26.0 Å². The average molecular weight is 329 g/mol. The van der Waals surface area contributed by atoms with Crippen LogP contribution in [-0.2, 0) is 9.59 Å². The second kappa shape index (κ2) is 9.23. The van der Waals surface area contributed by atoms with Gasteiger partial charge in [0, 0.05) is 13.1 Å². The minimum absolute atomic E-state index is 0.0935. The lowest BCUT2D eigenvalue weighted by molar-refractivity contribution is -0.129. The fourth-order valence-corrected chi connectivity index (χ4v) is 3.04. The molecule has 2 aliphatic rings. The van der Waals surface area contributed by atoms with E-state index in [0.29, 0.717) is 26.2 Å². The molecule has 0 aromatic heterocycles. The van der Waals surface area contributed by atoms with E-state index in [0.717, 1.165) is 24.8 Å². The molecule has 1 aliphatic heterocycles. The standard InChI is InChI=1S/C19H27N3O2/c1-3-5-9-17(16-10-7-6-8-11-16)13-21(15-23)14-18-20-12-19(24)22(18)4-2/h3,5,7,9-11,15,18,20H,4,6,8,12-14H2,1-2H3/b5-3-,17-9-. The van der Waals surface area contributed by atoms with E-state index in [1.54, 1.807) is 9.80 Å². The van der Waals surface area contributed by atoms with Crippen molar-refractivity contribution >= 4 is 12.3 Å². The third kappa shape index (κ3) is 4.68. The van der Waals surface area contributed by atoms with Crippen LogP contribution >= 0.6 is 0 Å². The van der Waals surface area contributed by atoms with Crippen molar-refractivity contribution in [2.75, 3.05) is 26.2 Å². The minimum atomic E-state index is -0.105. The molecule has 0 saturated carbocycles. The molecule has 1 fully saturated rings. The van der Waals surface area contributed by atoms with Gasteiger partial charge < -0.3 is 9.80 Å². The normalized spacial score (nSPS) is 21.5. The number of carbonyl (C=O) groups excluding carboxylic acids is 2. The lowest BCUT2D eigenvalue weighted by Crippen LogP contribution is -2.46. The molecule has 0 spiro atoms. The maximum Gasteiger partial charge on any atom is 0.237 e. The van der Waals surface area contributed by atoms with Crippen LogP contribution in [0.5, 0.6) is 0 Å². The summed E-state index contributed by atoms with van der Waals surface area (Å²) in [5.74, 6) is 0.0935. The third-order valence-electron chi connectivity index (χ3n) is 4.31. The first-order chi connectivity index (χ1) is 11.7. The Bertz CT molecular complexity index is 575. The highest BCUT2D eigenvalue weighted by Gasteiger charge is 2.30. The van der Waals surface area contributed by atoms with Crippen molar-refractivity contribution in [3.05, 3.63) is 47.6 Å². The second-order valence-corrected chi connectivity index (χ2v) is 5.97. The molecule has 24 heavy (non-hydrogen) atoms. The SMILES string of the molecule is C/C=C\C=C(\CN(C=O)CC1NCC(=O)N1CC)C1=CCCC=C1. The maximum absolute atomic E-state index is 11.8. The van der Waals surface area contributed by atoms with E-state index in [9.17, 15) is 9.59 Å². The summed E-state index contributed by atoms with van der Waals surface area (Å²) in [6.45, 7) is 5.96. The molecule has 0 radical (unpaired) electrons. The lowest BCUT2D eigenvalue weighted by atomic mass is 9.98. The Labute approximate surface area is 144 Å². The number of hydrogen-bond donors (Lipinski definition) is 1. The molecule has 1 aliphatic carbocycles. The zero-order valence-electron chi connectivity index (χ0n) is 14.6. The monoisotopic (exact) mass is 329 g/mol. The van der Waals surface area contributed by atoms with Crippen LogP contribution < -0.4 is 5.32 Å². The summed E-state index contributed by atoms with van der Waals surface area (Å²) in [6.07, 6.45) is 15.4. The Balaban J connectivity index is 2.08. The van der Waals surface area contributed by atoms with Crippen LogP contribution in [0, 0.1) is 0 Å². The molecule has 2 rings (SSSR count). The highest BCUT2D eigenvalue weighted by atomic mass is 16.2. The van der Waals surface area contributed by atoms with Crippen LogP contribution in [-0.4, -0.2) is 54.5 Å². The highest BCUT2D eigenvalue weighted by Crippen LogP contribution is 2.19. The summed E-state index contributed by atoms with van der Waals surface area (Å²) >= 11 is 0. The molecule has 0 aromatic carbocycles. The van der Waals surface area contributed by atoms with Crippen molar-refractivity contribution in [1.29, 1.82) is 0 Å². The zero-order chi connectivity index (χ0) is 17.4. The van der Waals surface area contributed by atoms with Crippen LogP contribution in [0.2, 0.25) is 0 Å². The third-order valence-corrected chi connectivity index (χ3v) is 4.31. The summed E-state index contributed by atoms with van der Waals surface area (Å²) in [7, 11) is 0. The molecular weight excluding hydrogens is 302 g/mol. The summed E-state index contributed by atoms with van der Waals surface area (Å²) in [6, 6.07) is 0. The van der Waals surface area contributed by atoms with Gasteiger partial charge in [0.05, 0.1) is 13.1 Å². The van der Waals surface area contributed by atoms with Crippen molar-refractivity contribution in [2.45, 2.75) is 32.9 Å². The summed E-state index contributed by atoms with van der Waals surface area (Å²) in [4.78, 5) is 26.9. The number of amides is 2. The Hall–Kier alpha value is -2.14. The number of nitrogens with one attached hydrogen (secondary N) is 1. The first kappa shape index (κ1) is 18.2. The van der Waals surface area contributed by atoms with Crippen molar-refractivity contribution < 1.29 is 9.59 Å². The van der Waals surface area contributed by atoms with Crippen molar-refractivity contribution in [1.82, 2.24) is 15.1 Å². The van der Waals surface area contributed by atoms with Gasteiger partial charge in [-0.05, 0) is 37.8 Å². The van der Waals surface area contributed by atoms with Crippen molar-refractivity contribution in [3.8, 4) is 0 Å². The van der Waals surface area contributed by atoms with E-state index >= 15 is 0 Å². The molecule has 1 unspecified atom stereocenters. The number of carbonyl (C=O) groups is 2. The molecule has 130 valence electrons. The maximum atomic E-state index is 11.8. The van der Waals surface area contributed by atoms with Gasteiger partial charge in [0.1, 0.15) is 6.17 Å². The van der Waals surface area contributed by atoms with Crippen LogP contribution in [0.4, 0.5) is 0 Å². The van der Waals surface area contributed by atoms with E-state index in [4.69, 9.17) is 0 Å². The number of nitrogens with zero attached hydrogens (tertiary/aromatic N) is 2. The van der Waals surface area contributed by atoms with Gasteiger partial charge in [-0.1, -0.05) is 36.5 Å². The predicted molar refractivity (Wildman–Crippen MR) is 96.2 cm³/mol. The van der Waals surface area contributed by atoms with Crippen molar-refractivity contribution in [3.63, 3.8) is 0 Å². The Morgan fingerprint density at radius 1 is 1.46 bits per heavy atom. The predicted octanol–water partition coefficient (Wildman–Crippen LogP) is 2.00. The minimum Gasteiger partial charge on any atom is -0.337 e. The first-order valence-electron chi connectivity index (χ1n) is 8.60. The van der Waals surface area contributed by atoms with Crippen LogP contribution in [0.1, 0.15) is 26.7 Å². The van der Waals surface area contributed by atoms with Crippen LogP contribution in [0.15, 0.2) is 47.6 Å². The Kier molecular flexibility index (Phi) is 7.00. The van der Waals surface area contributed by atoms with E-state index in [1.165, 1.54) is 5.57 Å². The Morgan fingerprint density at radius 2 is 2.29 bits per heavy atom. The fraction of sp³-hybridized carbons (Fsp3) is 0.474. The van der Waals surface area contributed by atoms with Gasteiger partial charge in [-0.25, -0.2) is 0 Å². The molecule has 2 amide bonds. The van der Waals surface area contributed by atoms with Crippen LogP contribution in [0.25, 0.3) is 0 Å². The molecule has 0 aromatic rings. The number of allylic oxidation sites excluding steroid dienone is 6. The van der Waals surface area contributed by atoms with Gasteiger partial charge in [-0.2, -0.15) is 0 Å².